The summed E-state index contributed by atoms with van der Waals surface area (Å²) in [6, 6.07) is 5.20. The van der Waals surface area contributed by atoms with Gasteiger partial charge < -0.3 is 5.32 Å². The molecule has 2 atom stereocenters. The summed E-state index contributed by atoms with van der Waals surface area (Å²) in [5, 5.41) is 2.73. The number of Topliss-reactive ketones (excluding diaryl/α,β-unsaturated/α-hetero) is 1. The molecule has 1 aliphatic heterocycles. The number of carbonyl (C=O) groups excluding carboxylic acids is 5. The van der Waals surface area contributed by atoms with Crippen molar-refractivity contribution in [1.82, 2.24) is 9.80 Å². The molecule has 1 heterocycles. The second-order valence-corrected chi connectivity index (χ2v) is 8.32. The van der Waals surface area contributed by atoms with Crippen LogP contribution in [0.15, 0.2) is 24.3 Å². The van der Waals surface area contributed by atoms with Gasteiger partial charge in [-0.3, -0.25) is 24.1 Å². The SMILES string of the molecule is CC(C)C(=O)Nc1ccc(C(=O)CN2C(=O)C(=O)N([C@@H]3CCCC[C@@H]3C)C2=O)cc1. The van der Waals surface area contributed by atoms with E-state index in [-0.39, 0.29) is 29.3 Å². The molecular weight excluding hydrogens is 386 g/mol. The van der Waals surface area contributed by atoms with Gasteiger partial charge in [-0.15, -0.1) is 0 Å². The first-order chi connectivity index (χ1) is 14.2. The highest BCUT2D eigenvalue weighted by Crippen LogP contribution is 2.31. The Kier molecular flexibility index (Phi) is 6.34. The fraction of sp³-hybridized carbons (Fsp3) is 0.500. The van der Waals surface area contributed by atoms with Crippen LogP contribution in [0.1, 0.15) is 56.8 Å². The first-order valence-electron chi connectivity index (χ1n) is 10.3. The summed E-state index contributed by atoms with van der Waals surface area (Å²) < 4.78 is 0. The van der Waals surface area contributed by atoms with E-state index in [1.165, 1.54) is 12.1 Å². The monoisotopic (exact) mass is 413 g/mol. The van der Waals surface area contributed by atoms with Gasteiger partial charge in [0.2, 0.25) is 5.91 Å². The lowest BCUT2D eigenvalue weighted by Gasteiger charge is -2.34. The average Bonchev–Trinajstić information content (AvgIpc) is 2.92. The molecule has 0 spiro atoms. The van der Waals surface area contributed by atoms with E-state index in [4.69, 9.17) is 0 Å². The summed E-state index contributed by atoms with van der Waals surface area (Å²) in [5.41, 5.74) is 0.835. The molecule has 0 unspecified atom stereocenters. The first-order valence-corrected chi connectivity index (χ1v) is 10.3. The van der Waals surface area contributed by atoms with Crippen molar-refractivity contribution < 1.29 is 24.0 Å². The van der Waals surface area contributed by atoms with Crippen LogP contribution in [0.2, 0.25) is 0 Å². The number of hydrogen-bond donors (Lipinski definition) is 1. The maximum Gasteiger partial charge on any atom is 0.334 e. The van der Waals surface area contributed by atoms with Gasteiger partial charge in [-0.2, -0.15) is 0 Å². The van der Waals surface area contributed by atoms with Crippen molar-refractivity contribution in [3.8, 4) is 0 Å². The molecule has 5 amide bonds. The van der Waals surface area contributed by atoms with Crippen molar-refractivity contribution in [2.75, 3.05) is 11.9 Å². The third-order valence-electron chi connectivity index (χ3n) is 5.78. The van der Waals surface area contributed by atoms with Gasteiger partial charge in [-0.05, 0) is 43.0 Å². The molecule has 8 nitrogen and oxygen atoms in total. The second-order valence-electron chi connectivity index (χ2n) is 8.32. The molecule has 30 heavy (non-hydrogen) atoms. The Morgan fingerprint density at radius 3 is 2.27 bits per heavy atom. The molecule has 1 aromatic rings. The summed E-state index contributed by atoms with van der Waals surface area (Å²) in [7, 11) is 0. The molecule has 2 fully saturated rings. The van der Waals surface area contributed by atoms with Gasteiger partial charge in [0.1, 0.15) is 0 Å². The number of ketones is 1. The van der Waals surface area contributed by atoms with Crippen LogP contribution in [-0.2, 0) is 14.4 Å². The minimum Gasteiger partial charge on any atom is -0.326 e. The highest BCUT2D eigenvalue weighted by Gasteiger charge is 2.49. The number of nitrogens with zero attached hydrogens (tertiary/aromatic N) is 2. The number of carbonyl (C=O) groups is 5. The van der Waals surface area contributed by atoms with Crippen LogP contribution in [0.5, 0.6) is 0 Å². The van der Waals surface area contributed by atoms with E-state index < -0.39 is 30.2 Å². The van der Waals surface area contributed by atoms with Gasteiger partial charge in [0.25, 0.3) is 0 Å². The lowest BCUT2D eigenvalue weighted by molar-refractivity contribution is -0.144. The van der Waals surface area contributed by atoms with E-state index in [0.29, 0.717) is 12.1 Å². The van der Waals surface area contributed by atoms with E-state index in [1.54, 1.807) is 26.0 Å². The number of amides is 5. The van der Waals surface area contributed by atoms with E-state index >= 15 is 0 Å². The second kappa shape index (κ2) is 8.77. The predicted octanol–water partition coefficient (Wildman–Crippen LogP) is 2.83. The van der Waals surface area contributed by atoms with Gasteiger partial charge in [0, 0.05) is 23.2 Å². The highest BCUT2D eigenvalue weighted by molar-refractivity contribution is 6.45. The van der Waals surface area contributed by atoms with Crippen LogP contribution in [0.25, 0.3) is 0 Å². The Morgan fingerprint density at radius 1 is 1.03 bits per heavy atom. The topological polar surface area (TPSA) is 104 Å². The molecule has 0 aromatic heterocycles. The first kappa shape index (κ1) is 21.7. The van der Waals surface area contributed by atoms with Crippen LogP contribution in [0.4, 0.5) is 10.5 Å². The molecule has 0 radical (unpaired) electrons. The number of imide groups is 2. The van der Waals surface area contributed by atoms with Gasteiger partial charge >= 0.3 is 17.8 Å². The lowest BCUT2D eigenvalue weighted by atomic mass is 9.85. The third kappa shape index (κ3) is 4.27. The molecular formula is C22H27N3O5. The van der Waals surface area contributed by atoms with Crippen molar-refractivity contribution in [2.24, 2.45) is 11.8 Å². The van der Waals surface area contributed by atoms with Crippen molar-refractivity contribution in [2.45, 2.75) is 52.5 Å². The van der Waals surface area contributed by atoms with E-state index in [1.807, 2.05) is 6.92 Å². The van der Waals surface area contributed by atoms with Gasteiger partial charge in [0.15, 0.2) is 5.78 Å². The number of rotatable bonds is 6. The number of anilines is 1. The summed E-state index contributed by atoms with van der Waals surface area (Å²) in [6.07, 6.45) is 3.52. The zero-order chi connectivity index (χ0) is 22.0. The molecule has 8 heteroatoms. The molecule has 1 aliphatic carbocycles. The van der Waals surface area contributed by atoms with Crippen molar-refractivity contribution in [1.29, 1.82) is 0 Å². The Morgan fingerprint density at radius 2 is 1.67 bits per heavy atom. The fourth-order valence-electron chi connectivity index (χ4n) is 3.90. The molecule has 1 saturated heterocycles. The van der Waals surface area contributed by atoms with E-state index in [0.717, 1.165) is 29.1 Å². The van der Waals surface area contributed by atoms with Crippen molar-refractivity contribution >= 4 is 35.2 Å². The molecule has 3 rings (SSSR count). The highest BCUT2D eigenvalue weighted by atomic mass is 16.2. The maximum atomic E-state index is 12.8. The van der Waals surface area contributed by atoms with Crippen molar-refractivity contribution in [3.63, 3.8) is 0 Å². The third-order valence-corrected chi connectivity index (χ3v) is 5.78. The smallest absolute Gasteiger partial charge is 0.326 e. The zero-order valence-electron chi connectivity index (χ0n) is 17.5. The summed E-state index contributed by atoms with van der Waals surface area (Å²) in [4.78, 5) is 63.8. The molecule has 1 aromatic carbocycles. The predicted molar refractivity (Wildman–Crippen MR) is 110 cm³/mol. The normalized spacial score (nSPS) is 22.1. The van der Waals surface area contributed by atoms with E-state index in [2.05, 4.69) is 5.32 Å². The Hall–Kier alpha value is -3.03. The molecule has 160 valence electrons. The van der Waals surface area contributed by atoms with Crippen LogP contribution < -0.4 is 5.32 Å². The minimum absolute atomic E-state index is 0.128. The van der Waals surface area contributed by atoms with Crippen LogP contribution in [-0.4, -0.2) is 51.9 Å². The van der Waals surface area contributed by atoms with Crippen molar-refractivity contribution in [3.05, 3.63) is 29.8 Å². The average molecular weight is 413 g/mol. The van der Waals surface area contributed by atoms with Crippen LogP contribution >= 0.6 is 0 Å². The minimum atomic E-state index is -0.952. The lowest BCUT2D eigenvalue weighted by Crippen LogP contribution is -2.46. The molecule has 1 N–H and O–H groups in total. The molecule has 2 aliphatic rings. The quantitative estimate of drug-likeness (QED) is 0.439. The van der Waals surface area contributed by atoms with Crippen LogP contribution in [0.3, 0.4) is 0 Å². The molecule has 0 bridgehead atoms. The number of nitrogens with one attached hydrogen (secondary N) is 1. The standard InChI is InChI=1S/C22H27N3O5/c1-13(2)19(27)23-16-10-8-15(9-11-16)18(26)12-24-20(28)21(29)25(22(24)30)17-7-5-4-6-14(17)3/h8-11,13-14,17H,4-7,12H2,1-3H3,(H,23,27)/t14-,17+/m0/s1. The summed E-state index contributed by atoms with van der Waals surface area (Å²) in [6.45, 7) is 5.03. The number of hydrogen-bond acceptors (Lipinski definition) is 5. The zero-order valence-corrected chi connectivity index (χ0v) is 17.5. The number of benzene rings is 1. The molecule has 1 saturated carbocycles. The van der Waals surface area contributed by atoms with E-state index in [9.17, 15) is 24.0 Å². The largest absolute Gasteiger partial charge is 0.334 e. The van der Waals surface area contributed by atoms with Gasteiger partial charge in [-0.25, -0.2) is 9.69 Å². The Balaban J connectivity index is 1.69. The Labute approximate surface area is 175 Å². The Bertz CT molecular complexity index is 877. The summed E-state index contributed by atoms with van der Waals surface area (Å²) in [5.74, 6) is -2.44. The maximum absolute atomic E-state index is 12.8. The fourth-order valence-corrected chi connectivity index (χ4v) is 3.90. The number of urea groups is 1. The van der Waals surface area contributed by atoms with Crippen LogP contribution in [0, 0.1) is 11.8 Å². The van der Waals surface area contributed by atoms with Gasteiger partial charge in [-0.1, -0.05) is 33.6 Å². The van der Waals surface area contributed by atoms with Gasteiger partial charge in [0.05, 0.1) is 6.54 Å². The summed E-state index contributed by atoms with van der Waals surface area (Å²) >= 11 is 0.